The summed E-state index contributed by atoms with van der Waals surface area (Å²) in [6.07, 6.45) is 0.492. The van der Waals surface area contributed by atoms with E-state index in [-0.39, 0.29) is 47.8 Å². The van der Waals surface area contributed by atoms with Gasteiger partial charge < -0.3 is 10.2 Å². The van der Waals surface area contributed by atoms with Crippen molar-refractivity contribution in [2.45, 2.75) is 32.4 Å². The highest BCUT2D eigenvalue weighted by Gasteiger charge is 2.37. The van der Waals surface area contributed by atoms with Crippen LogP contribution in [0.15, 0.2) is 0 Å². The molecule has 3 unspecified atom stereocenters. The Labute approximate surface area is 115 Å². The topological polar surface area (TPSA) is 66.5 Å². The van der Waals surface area contributed by atoms with Gasteiger partial charge in [-0.2, -0.15) is 0 Å². The molecule has 2 aliphatic rings. The van der Waals surface area contributed by atoms with Crippen LogP contribution in [-0.2, 0) is 14.6 Å². The first-order chi connectivity index (χ1) is 7.89. The van der Waals surface area contributed by atoms with Crippen molar-refractivity contribution in [1.82, 2.24) is 10.2 Å². The molecule has 1 N–H and O–H groups in total. The second-order valence-corrected chi connectivity index (χ2v) is 7.48. The van der Waals surface area contributed by atoms with Crippen LogP contribution in [0.4, 0.5) is 0 Å². The highest BCUT2D eigenvalue weighted by molar-refractivity contribution is 7.91. The van der Waals surface area contributed by atoms with Gasteiger partial charge in [0.25, 0.3) is 0 Å². The van der Waals surface area contributed by atoms with E-state index in [0.29, 0.717) is 13.0 Å². The minimum Gasteiger partial charge on any atom is -0.337 e. The Morgan fingerprint density at radius 1 is 1.33 bits per heavy atom. The predicted molar refractivity (Wildman–Crippen MR) is 72.6 cm³/mol. The molecule has 2 rings (SSSR count). The number of nitrogens with one attached hydrogen (secondary N) is 1. The summed E-state index contributed by atoms with van der Waals surface area (Å²) >= 11 is 0. The first-order valence-corrected chi connectivity index (χ1v) is 7.95. The Kier molecular flexibility index (Phi) is 5.03. The van der Waals surface area contributed by atoms with E-state index in [1.165, 1.54) is 0 Å². The van der Waals surface area contributed by atoms with Crippen LogP contribution < -0.4 is 5.32 Å². The molecule has 2 aliphatic heterocycles. The van der Waals surface area contributed by atoms with Crippen LogP contribution in [-0.4, -0.2) is 55.9 Å². The molecular formula is C11H21ClN2O3S. The molecule has 2 heterocycles. The van der Waals surface area contributed by atoms with Gasteiger partial charge in [0.15, 0.2) is 9.84 Å². The van der Waals surface area contributed by atoms with Crippen molar-refractivity contribution in [2.75, 3.05) is 24.6 Å². The molecule has 0 radical (unpaired) electrons. The number of hydrogen-bond donors (Lipinski definition) is 1. The van der Waals surface area contributed by atoms with Crippen molar-refractivity contribution in [2.24, 2.45) is 5.92 Å². The van der Waals surface area contributed by atoms with Crippen LogP contribution in [0, 0.1) is 5.92 Å². The van der Waals surface area contributed by atoms with E-state index < -0.39 is 9.84 Å². The summed E-state index contributed by atoms with van der Waals surface area (Å²) in [4.78, 5) is 14.1. The van der Waals surface area contributed by atoms with Crippen LogP contribution >= 0.6 is 12.4 Å². The Hall–Kier alpha value is -0.330. The number of nitrogens with zero attached hydrogens (tertiary/aromatic N) is 1. The van der Waals surface area contributed by atoms with Gasteiger partial charge in [-0.3, -0.25) is 4.79 Å². The lowest BCUT2D eigenvalue weighted by molar-refractivity contribution is -0.138. The van der Waals surface area contributed by atoms with Gasteiger partial charge in [-0.1, -0.05) is 0 Å². The fourth-order valence-corrected chi connectivity index (χ4v) is 4.29. The van der Waals surface area contributed by atoms with Crippen LogP contribution in [0.1, 0.15) is 20.3 Å². The minimum atomic E-state index is -2.97. The SMILES string of the molecule is CC1CN(C(=O)C2CCS(=O)(=O)C2)C(C)CN1.Cl. The standard InChI is InChI=1S/C11H20N2O3S.ClH/c1-8-6-13(9(2)5-12-8)11(14)10-3-4-17(15,16)7-10;/h8-10,12H,3-7H2,1-2H3;1H. The molecule has 106 valence electrons. The molecule has 0 aliphatic carbocycles. The van der Waals surface area contributed by atoms with Crippen molar-refractivity contribution < 1.29 is 13.2 Å². The molecule has 0 aromatic carbocycles. The summed E-state index contributed by atoms with van der Waals surface area (Å²) in [5, 5.41) is 3.31. The molecule has 2 fully saturated rings. The number of hydrogen-bond acceptors (Lipinski definition) is 4. The third-order valence-electron chi connectivity index (χ3n) is 3.63. The molecule has 0 aromatic heterocycles. The molecule has 0 spiro atoms. The summed E-state index contributed by atoms with van der Waals surface area (Å²) in [7, 11) is -2.97. The molecule has 0 saturated carbocycles. The molecule has 5 nitrogen and oxygen atoms in total. The third-order valence-corrected chi connectivity index (χ3v) is 5.40. The van der Waals surface area contributed by atoms with Gasteiger partial charge in [-0.05, 0) is 20.3 Å². The van der Waals surface area contributed by atoms with E-state index in [1.54, 1.807) is 0 Å². The number of sulfone groups is 1. The van der Waals surface area contributed by atoms with E-state index in [9.17, 15) is 13.2 Å². The summed E-state index contributed by atoms with van der Waals surface area (Å²) < 4.78 is 22.8. The maximum absolute atomic E-state index is 12.3. The predicted octanol–water partition coefficient (Wildman–Crippen LogP) is 0.0517. The van der Waals surface area contributed by atoms with E-state index in [4.69, 9.17) is 0 Å². The summed E-state index contributed by atoms with van der Waals surface area (Å²) in [5.74, 6) is -0.0873. The maximum atomic E-state index is 12.3. The number of halogens is 1. The normalized spacial score (nSPS) is 35.0. The largest absolute Gasteiger partial charge is 0.337 e. The monoisotopic (exact) mass is 296 g/mol. The van der Waals surface area contributed by atoms with Crippen LogP contribution in [0.3, 0.4) is 0 Å². The molecule has 7 heteroatoms. The average molecular weight is 297 g/mol. The molecule has 1 amide bonds. The van der Waals surface area contributed by atoms with Crippen LogP contribution in [0.5, 0.6) is 0 Å². The first-order valence-electron chi connectivity index (χ1n) is 6.13. The zero-order chi connectivity index (χ0) is 12.6. The second kappa shape index (κ2) is 5.75. The molecule has 18 heavy (non-hydrogen) atoms. The number of amides is 1. The lowest BCUT2D eigenvalue weighted by Gasteiger charge is -2.38. The van der Waals surface area contributed by atoms with Crippen molar-refractivity contribution in [3.05, 3.63) is 0 Å². The van der Waals surface area contributed by atoms with Crippen LogP contribution in [0.25, 0.3) is 0 Å². The molecule has 3 atom stereocenters. The highest BCUT2D eigenvalue weighted by Crippen LogP contribution is 2.22. The number of carbonyl (C=O) groups is 1. The molecule has 0 bridgehead atoms. The lowest BCUT2D eigenvalue weighted by atomic mass is 10.0. The third kappa shape index (κ3) is 3.36. The van der Waals surface area contributed by atoms with Gasteiger partial charge in [0.1, 0.15) is 0 Å². The number of carbonyl (C=O) groups excluding carboxylic acids is 1. The first kappa shape index (κ1) is 15.7. The van der Waals surface area contributed by atoms with Gasteiger partial charge in [-0.25, -0.2) is 8.42 Å². The lowest BCUT2D eigenvalue weighted by Crippen LogP contribution is -2.57. The van der Waals surface area contributed by atoms with Crippen molar-refractivity contribution in [1.29, 1.82) is 0 Å². The zero-order valence-corrected chi connectivity index (χ0v) is 12.4. The Bertz CT molecular complexity index is 413. The van der Waals surface area contributed by atoms with Gasteiger partial charge in [0.2, 0.25) is 5.91 Å². The second-order valence-electron chi connectivity index (χ2n) is 5.25. The zero-order valence-electron chi connectivity index (χ0n) is 10.8. The highest BCUT2D eigenvalue weighted by atomic mass is 35.5. The van der Waals surface area contributed by atoms with Crippen molar-refractivity contribution in [3.63, 3.8) is 0 Å². The number of rotatable bonds is 1. The Morgan fingerprint density at radius 2 is 2.00 bits per heavy atom. The van der Waals surface area contributed by atoms with E-state index in [2.05, 4.69) is 5.32 Å². The van der Waals surface area contributed by atoms with E-state index >= 15 is 0 Å². The molecule has 0 aromatic rings. The van der Waals surface area contributed by atoms with Crippen LogP contribution in [0.2, 0.25) is 0 Å². The molecular weight excluding hydrogens is 276 g/mol. The minimum absolute atomic E-state index is 0. The average Bonchev–Trinajstić information content (AvgIpc) is 2.61. The van der Waals surface area contributed by atoms with Crippen molar-refractivity contribution >= 4 is 28.2 Å². The van der Waals surface area contributed by atoms with Gasteiger partial charge in [-0.15, -0.1) is 12.4 Å². The quantitative estimate of drug-likeness (QED) is 0.743. The maximum Gasteiger partial charge on any atom is 0.227 e. The fourth-order valence-electron chi connectivity index (χ4n) is 2.55. The van der Waals surface area contributed by atoms with Gasteiger partial charge in [0, 0.05) is 25.2 Å². The van der Waals surface area contributed by atoms with E-state index in [1.807, 2.05) is 18.7 Å². The summed E-state index contributed by atoms with van der Waals surface area (Å²) in [5.41, 5.74) is 0. The fraction of sp³-hybridized carbons (Fsp3) is 0.909. The Morgan fingerprint density at radius 3 is 2.56 bits per heavy atom. The van der Waals surface area contributed by atoms with Gasteiger partial charge >= 0.3 is 0 Å². The van der Waals surface area contributed by atoms with E-state index in [0.717, 1.165) is 6.54 Å². The van der Waals surface area contributed by atoms with Crippen molar-refractivity contribution in [3.8, 4) is 0 Å². The smallest absolute Gasteiger partial charge is 0.227 e. The van der Waals surface area contributed by atoms with Gasteiger partial charge in [0.05, 0.1) is 17.4 Å². The molecule has 2 saturated heterocycles. The summed E-state index contributed by atoms with van der Waals surface area (Å²) in [6, 6.07) is 0.440. The Balaban J connectivity index is 0.00000162. The summed E-state index contributed by atoms with van der Waals surface area (Å²) in [6.45, 7) is 5.50. The number of piperazine rings is 1.